The van der Waals surface area contributed by atoms with Crippen LogP contribution in [0.4, 0.5) is 5.69 Å². The maximum Gasteiger partial charge on any atom is 0.269 e. The fraction of sp³-hybridized carbons (Fsp3) is 0.412. The predicted octanol–water partition coefficient (Wildman–Crippen LogP) is 4.10. The van der Waals surface area contributed by atoms with E-state index >= 15 is 0 Å². The molecular formula is C51H62N12O6. The molecule has 1 atom stereocenters. The van der Waals surface area contributed by atoms with Gasteiger partial charge in [0, 0.05) is 113 Å². The Bertz CT molecular complexity index is 2770. The predicted molar refractivity (Wildman–Crippen MR) is 263 cm³/mol. The van der Waals surface area contributed by atoms with Gasteiger partial charge in [-0.2, -0.15) is 0 Å². The van der Waals surface area contributed by atoms with Crippen molar-refractivity contribution in [1.82, 2.24) is 55.7 Å². The molecule has 0 radical (unpaired) electrons. The van der Waals surface area contributed by atoms with Crippen LogP contribution in [0.2, 0.25) is 0 Å². The van der Waals surface area contributed by atoms with Crippen molar-refractivity contribution in [2.24, 2.45) is 0 Å². The van der Waals surface area contributed by atoms with Crippen molar-refractivity contribution in [3.05, 3.63) is 135 Å². The molecule has 0 unspecified atom stereocenters. The molecule has 0 bridgehead atoms. The maximum absolute atomic E-state index is 13.3. The smallest absolute Gasteiger partial charge is 0.269 e. The van der Waals surface area contributed by atoms with E-state index in [0.717, 1.165) is 102 Å². The summed E-state index contributed by atoms with van der Waals surface area (Å²) in [6, 6.07) is 20.9. The Hall–Kier alpha value is -7.18. The quantitative estimate of drug-likeness (QED) is 0.0853. The molecule has 0 aliphatic carbocycles. The molecule has 6 heterocycles. The highest BCUT2D eigenvalue weighted by molar-refractivity contribution is 5.94. The van der Waals surface area contributed by atoms with Crippen molar-refractivity contribution >= 4 is 34.4 Å². The zero-order valence-corrected chi connectivity index (χ0v) is 39.7. The number of hydrogen-bond acceptors (Lipinski definition) is 13. The van der Waals surface area contributed by atoms with Crippen molar-refractivity contribution in [2.75, 3.05) is 77.5 Å². The van der Waals surface area contributed by atoms with Crippen LogP contribution in [-0.4, -0.2) is 130 Å². The molecule has 0 saturated carbocycles. The number of amides is 3. The van der Waals surface area contributed by atoms with Gasteiger partial charge >= 0.3 is 0 Å². The number of piperazine rings is 1. The number of fused-ring (bicyclic) bond motifs is 1. The molecule has 4 N–H and O–H groups in total. The van der Waals surface area contributed by atoms with E-state index in [4.69, 9.17) is 9.47 Å². The third-order valence-electron chi connectivity index (χ3n) is 12.8. The van der Waals surface area contributed by atoms with Crippen molar-refractivity contribution in [2.45, 2.75) is 65.1 Å². The minimum Gasteiger partial charge on any atom is -0.497 e. The molecule has 18 nitrogen and oxygen atoms in total. The van der Waals surface area contributed by atoms with Gasteiger partial charge in [0.05, 0.1) is 55.4 Å². The van der Waals surface area contributed by atoms with Crippen LogP contribution in [0.3, 0.4) is 0 Å². The molecule has 4 aromatic heterocycles. The number of carbonyl (C=O) groups is 3. The first-order chi connectivity index (χ1) is 33.7. The number of H-pyrrole nitrogens is 1. The van der Waals surface area contributed by atoms with Gasteiger partial charge in [0.2, 0.25) is 5.91 Å². The molecule has 2 aromatic carbocycles. The molecule has 18 heteroatoms. The molecule has 362 valence electrons. The second kappa shape index (κ2) is 23.2. The number of piperidine rings is 1. The third kappa shape index (κ3) is 12.7. The van der Waals surface area contributed by atoms with Gasteiger partial charge in [-0.15, -0.1) is 5.10 Å². The minimum atomic E-state index is -0.268. The number of hydrogen-bond donors (Lipinski definition) is 4. The summed E-state index contributed by atoms with van der Waals surface area (Å²) in [7, 11) is 1.62. The number of likely N-dealkylation sites (tertiary alicyclic amines) is 1. The summed E-state index contributed by atoms with van der Waals surface area (Å²) < 4.78 is 12.8. The zero-order chi connectivity index (χ0) is 48.1. The van der Waals surface area contributed by atoms with E-state index < -0.39 is 0 Å². The van der Waals surface area contributed by atoms with Crippen LogP contribution in [0.25, 0.3) is 11.0 Å². The number of ether oxygens (including phenoxy) is 2. The largest absolute Gasteiger partial charge is 0.497 e. The van der Waals surface area contributed by atoms with E-state index in [1.165, 1.54) is 0 Å². The first kappa shape index (κ1) is 48.3. The first-order valence-corrected chi connectivity index (χ1v) is 23.9. The van der Waals surface area contributed by atoms with E-state index in [2.05, 4.69) is 51.0 Å². The second-order valence-electron chi connectivity index (χ2n) is 17.5. The molecule has 2 aliphatic heterocycles. The van der Waals surface area contributed by atoms with Crippen LogP contribution in [0.15, 0.2) is 90.1 Å². The lowest BCUT2D eigenvalue weighted by molar-refractivity contribution is -0.131. The Morgan fingerprint density at radius 3 is 2.54 bits per heavy atom. The topological polar surface area (TPSA) is 205 Å². The van der Waals surface area contributed by atoms with Crippen molar-refractivity contribution in [3.63, 3.8) is 0 Å². The van der Waals surface area contributed by atoms with Crippen LogP contribution in [-0.2, 0) is 37.3 Å². The summed E-state index contributed by atoms with van der Waals surface area (Å²) in [6.45, 7) is 11.7. The minimum absolute atomic E-state index is 0.0445. The Labute approximate surface area is 401 Å². The highest BCUT2D eigenvalue weighted by atomic mass is 16.5. The van der Waals surface area contributed by atoms with Crippen LogP contribution in [0, 0.1) is 0 Å². The number of nitrogens with one attached hydrogen (secondary N) is 4. The lowest BCUT2D eigenvalue weighted by Crippen LogP contribution is -2.46. The van der Waals surface area contributed by atoms with Gasteiger partial charge in [-0.05, 0) is 79.8 Å². The number of anilines is 1. The van der Waals surface area contributed by atoms with Crippen molar-refractivity contribution in [3.8, 4) is 11.5 Å². The maximum atomic E-state index is 13.3. The summed E-state index contributed by atoms with van der Waals surface area (Å²) >= 11 is 0. The zero-order valence-electron chi connectivity index (χ0n) is 39.7. The average molecular weight is 939 g/mol. The van der Waals surface area contributed by atoms with Gasteiger partial charge in [0.15, 0.2) is 0 Å². The highest BCUT2D eigenvalue weighted by Crippen LogP contribution is 2.28. The molecular weight excluding hydrogens is 877 g/mol. The number of aryl methyl sites for hydroxylation is 1. The lowest BCUT2D eigenvalue weighted by atomic mass is 9.89. The number of nitrogens with zero attached hydrogens (tertiary/aromatic N) is 8. The van der Waals surface area contributed by atoms with Gasteiger partial charge < -0.3 is 40.2 Å². The Morgan fingerprint density at radius 1 is 0.884 bits per heavy atom. The average Bonchev–Trinajstić information content (AvgIpc) is 3.84. The van der Waals surface area contributed by atoms with E-state index in [-0.39, 0.29) is 35.7 Å². The number of aromatic amines is 1. The Morgan fingerprint density at radius 2 is 1.74 bits per heavy atom. The molecule has 6 aromatic rings. The van der Waals surface area contributed by atoms with Crippen LogP contribution < -0.4 is 35.9 Å². The normalized spacial score (nSPS) is 15.3. The molecule has 0 spiro atoms. The van der Waals surface area contributed by atoms with Crippen LogP contribution in [0.1, 0.15) is 81.4 Å². The summed E-state index contributed by atoms with van der Waals surface area (Å²) in [5, 5.41) is 17.7. The number of rotatable bonds is 20. The van der Waals surface area contributed by atoms with E-state index in [1.807, 2.05) is 91.8 Å². The third-order valence-corrected chi connectivity index (χ3v) is 12.8. The van der Waals surface area contributed by atoms with Crippen molar-refractivity contribution in [1.29, 1.82) is 0 Å². The monoisotopic (exact) mass is 938 g/mol. The van der Waals surface area contributed by atoms with Crippen LogP contribution >= 0.6 is 0 Å². The van der Waals surface area contributed by atoms with Gasteiger partial charge in [0.1, 0.15) is 17.2 Å². The number of carbonyl (C=O) groups excluding carboxylic acids is 3. The van der Waals surface area contributed by atoms with Gasteiger partial charge in [-0.25, -0.2) is 4.98 Å². The molecule has 69 heavy (non-hydrogen) atoms. The molecule has 3 amide bonds. The number of benzene rings is 2. The van der Waals surface area contributed by atoms with E-state index in [9.17, 15) is 19.2 Å². The number of pyridine rings is 3. The van der Waals surface area contributed by atoms with Gasteiger partial charge in [-0.3, -0.25) is 33.7 Å². The summed E-state index contributed by atoms with van der Waals surface area (Å²) in [5.41, 5.74) is 7.90. The van der Waals surface area contributed by atoms with Crippen molar-refractivity contribution < 1.29 is 23.9 Å². The number of methoxy groups -OCH3 is 1. The van der Waals surface area contributed by atoms with Crippen LogP contribution in [0.5, 0.6) is 11.5 Å². The molecule has 2 saturated heterocycles. The number of aromatic nitrogens is 6. The van der Waals surface area contributed by atoms with E-state index in [0.29, 0.717) is 70.0 Å². The summed E-state index contributed by atoms with van der Waals surface area (Å²) in [4.78, 5) is 70.3. The summed E-state index contributed by atoms with van der Waals surface area (Å²) in [5.74, 6) is 1.19. The van der Waals surface area contributed by atoms with E-state index in [1.54, 1.807) is 24.1 Å². The first-order valence-electron chi connectivity index (χ1n) is 23.9. The Balaban J connectivity index is 0.721. The lowest BCUT2D eigenvalue weighted by Gasteiger charge is -2.36. The van der Waals surface area contributed by atoms with Gasteiger partial charge in [0.25, 0.3) is 17.4 Å². The van der Waals surface area contributed by atoms with Gasteiger partial charge in [-0.1, -0.05) is 30.3 Å². The standard InChI is InChI=1S/C51H62N12O6/c1-4-36-26-45-46(57-50(36)66)24-35(28-55-45)32-60-20-22-61(23-21-60)42-12-14-44(56-30-42)51(67)54-17-19-63-34-41(58-59-63)15-16-53-49(65)38-9-6-8-37(25-38)40-10-7-18-62(33-40)48(64)31-52-29-39-11-13-43(68-3)27-47(39)69-5-2/h6,8-9,11-14,24-28,30,34,40,52H,4-5,7,10,15-23,29,31-33H2,1-3H3,(H,53,65)(H,54,67)(H,57,66)/t40-/m0/s1. The molecule has 2 aliphatic rings. The second-order valence-corrected chi connectivity index (χ2v) is 17.5. The fourth-order valence-corrected chi connectivity index (χ4v) is 8.91. The summed E-state index contributed by atoms with van der Waals surface area (Å²) in [6.07, 6.45) is 8.44. The highest BCUT2D eigenvalue weighted by Gasteiger charge is 2.26. The fourth-order valence-electron chi connectivity index (χ4n) is 8.91. The molecule has 8 rings (SSSR count). The Kier molecular flexibility index (Phi) is 16.2. The SMILES string of the molecule is CCOc1cc(OC)ccc1CNCC(=O)N1CCC[C@H](c2cccc(C(=O)NCCc3cn(CCNC(=O)c4ccc(N5CCN(Cc6cnc7cc(CC)c(=O)[nH]c7c6)CC5)cn4)nn3)c2)C1. The molecule has 2 fully saturated rings.